The lowest BCUT2D eigenvalue weighted by Gasteiger charge is -2.37. The Kier molecular flexibility index (Phi) is 4.23. The van der Waals surface area contributed by atoms with E-state index in [1.54, 1.807) is 7.11 Å². The number of hydrogen-bond donors (Lipinski definition) is 0. The van der Waals surface area contributed by atoms with Crippen LogP contribution in [0.5, 0.6) is 17.2 Å². The number of amides is 1. The van der Waals surface area contributed by atoms with Gasteiger partial charge in [0.05, 0.1) is 12.8 Å². The van der Waals surface area contributed by atoms with Crippen LogP contribution in [-0.2, 0) is 11.2 Å². The minimum Gasteiger partial charge on any atom is -0.495 e. The highest BCUT2D eigenvalue weighted by molar-refractivity contribution is 6.00. The molecule has 2 heterocycles. The molecule has 5 heteroatoms. The standard InChI is InChI=1S/C21H23NO4/c1-13-10-11-18(24-3)19-15(13)7-6-12-22(19)21(23)20-14(2)25-16-8-4-5-9-17(16)26-20/h4-5,8-11,14,20H,6-7,12H2,1-3H3. The van der Waals surface area contributed by atoms with Gasteiger partial charge in [-0.15, -0.1) is 0 Å². The number of fused-ring (bicyclic) bond motifs is 2. The fraction of sp³-hybridized carbons (Fsp3) is 0.381. The first kappa shape index (κ1) is 16.8. The maximum absolute atomic E-state index is 13.4. The summed E-state index contributed by atoms with van der Waals surface area (Å²) >= 11 is 0. The van der Waals surface area contributed by atoms with Crippen LogP contribution in [0.25, 0.3) is 0 Å². The zero-order valence-corrected chi connectivity index (χ0v) is 15.3. The van der Waals surface area contributed by atoms with Crippen LogP contribution in [-0.4, -0.2) is 31.8 Å². The Labute approximate surface area is 153 Å². The SMILES string of the molecule is COc1ccc(C)c2c1N(C(=O)C1Oc3ccccc3OC1C)CCC2. The molecule has 2 unspecified atom stereocenters. The average Bonchev–Trinajstić information content (AvgIpc) is 2.67. The topological polar surface area (TPSA) is 48.0 Å². The van der Waals surface area contributed by atoms with Crippen molar-refractivity contribution in [3.05, 3.63) is 47.5 Å². The van der Waals surface area contributed by atoms with Crippen LogP contribution in [0, 0.1) is 6.92 Å². The van der Waals surface area contributed by atoms with Gasteiger partial charge in [-0.05, 0) is 56.0 Å². The number of carbonyl (C=O) groups is 1. The highest BCUT2D eigenvalue weighted by atomic mass is 16.6. The van der Waals surface area contributed by atoms with Crippen molar-refractivity contribution >= 4 is 11.6 Å². The lowest BCUT2D eigenvalue weighted by Crippen LogP contribution is -2.52. The number of methoxy groups -OCH3 is 1. The van der Waals surface area contributed by atoms with E-state index in [0.717, 1.165) is 24.3 Å². The summed E-state index contributed by atoms with van der Waals surface area (Å²) in [5.74, 6) is 1.93. The fourth-order valence-electron chi connectivity index (χ4n) is 3.78. The van der Waals surface area contributed by atoms with E-state index in [0.29, 0.717) is 18.0 Å². The molecule has 0 spiro atoms. The average molecular weight is 353 g/mol. The van der Waals surface area contributed by atoms with Crippen molar-refractivity contribution in [2.24, 2.45) is 0 Å². The maximum Gasteiger partial charge on any atom is 0.272 e. The van der Waals surface area contributed by atoms with Gasteiger partial charge in [0.1, 0.15) is 11.9 Å². The zero-order chi connectivity index (χ0) is 18.3. The third kappa shape index (κ3) is 2.68. The maximum atomic E-state index is 13.4. The molecule has 0 aliphatic carbocycles. The number of ether oxygens (including phenoxy) is 3. The first-order valence-corrected chi connectivity index (χ1v) is 9.00. The molecule has 0 saturated heterocycles. The molecule has 4 rings (SSSR count). The largest absolute Gasteiger partial charge is 0.495 e. The van der Waals surface area contributed by atoms with Crippen molar-refractivity contribution in [3.8, 4) is 17.2 Å². The molecular formula is C21H23NO4. The zero-order valence-electron chi connectivity index (χ0n) is 15.3. The first-order valence-electron chi connectivity index (χ1n) is 9.00. The van der Waals surface area contributed by atoms with E-state index in [1.165, 1.54) is 11.1 Å². The number of para-hydroxylation sites is 2. The molecular weight excluding hydrogens is 330 g/mol. The molecule has 0 radical (unpaired) electrons. The number of anilines is 1. The van der Waals surface area contributed by atoms with Crippen molar-refractivity contribution in [2.45, 2.75) is 38.9 Å². The Morgan fingerprint density at radius 1 is 1.15 bits per heavy atom. The predicted octanol–water partition coefficient (Wildman–Crippen LogP) is 3.51. The number of rotatable bonds is 2. The van der Waals surface area contributed by atoms with E-state index in [4.69, 9.17) is 14.2 Å². The van der Waals surface area contributed by atoms with Gasteiger partial charge in [-0.2, -0.15) is 0 Å². The highest BCUT2D eigenvalue weighted by Gasteiger charge is 2.39. The Bertz CT molecular complexity index is 848. The molecule has 2 aromatic rings. The molecule has 1 amide bonds. The minimum atomic E-state index is -0.680. The number of benzene rings is 2. The fourth-order valence-corrected chi connectivity index (χ4v) is 3.78. The van der Waals surface area contributed by atoms with Crippen molar-refractivity contribution in [2.75, 3.05) is 18.6 Å². The van der Waals surface area contributed by atoms with Crippen LogP contribution < -0.4 is 19.1 Å². The van der Waals surface area contributed by atoms with Gasteiger partial charge in [0.2, 0.25) is 6.10 Å². The molecule has 26 heavy (non-hydrogen) atoms. The summed E-state index contributed by atoms with van der Waals surface area (Å²) in [5.41, 5.74) is 3.23. The second-order valence-corrected chi connectivity index (χ2v) is 6.81. The number of nitrogens with zero attached hydrogens (tertiary/aromatic N) is 1. The van der Waals surface area contributed by atoms with Crippen LogP contribution in [0.4, 0.5) is 5.69 Å². The Morgan fingerprint density at radius 2 is 1.88 bits per heavy atom. The molecule has 0 bridgehead atoms. The molecule has 136 valence electrons. The van der Waals surface area contributed by atoms with Gasteiger partial charge in [0.25, 0.3) is 5.91 Å². The molecule has 2 aromatic carbocycles. The third-order valence-electron chi connectivity index (χ3n) is 5.13. The van der Waals surface area contributed by atoms with Gasteiger partial charge in [-0.25, -0.2) is 0 Å². The Morgan fingerprint density at radius 3 is 2.62 bits per heavy atom. The van der Waals surface area contributed by atoms with Crippen molar-refractivity contribution in [1.82, 2.24) is 0 Å². The van der Waals surface area contributed by atoms with E-state index in [2.05, 4.69) is 6.92 Å². The van der Waals surface area contributed by atoms with Crippen molar-refractivity contribution < 1.29 is 19.0 Å². The van der Waals surface area contributed by atoms with Crippen LogP contribution in [0.15, 0.2) is 36.4 Å². The summed E-state index contributed by atoms with van der Waals surface area (Å²) in [6.45, 7) is 4.60. The van der Waals surface area contributed by atoms with Crippen LogP contribution in [0.2, 0.25) is 0 Å². The number of hydrogen-bond acceptors (Lipinski definition) is 4. The molecule has 5 nitrogen and oxygen atoms in total. The lowest BCUT2D eigenvalue weighted by atomic mass is 9.95. The first-order chi connectivity index (χ1) is 12.6. The molecule has 2 atom stereocenters. The van der Waals surface area contributed by atoms with Gasteiger partial charge in [-0.3, -0.25) is 4.79 Å². The second-order valence-electron chi connectivity index (χ2n) is 6.81. The predicted molar refractivity (Wildman–Crippen MR) is 99.4 cm³/mol. The summed E-state index contributed by atoms with van der Waals surface area (Å²) in [6, 6.07) is 11.4. The highest BCUT2D eigenvalue weighted by Crippen LogP contribution is 2.40. The molecule has 2 aliphatic heterocycles. The molecule has 0 aromatic heterocycles. The summed E-state index contributed by atoms with van der Waals surface area (Å²) in [4.78, 5) is 15.2. The lowest BCUT2D eigenvalue weighted by molar-refractivity contribution is -0.130. The number of carbonyl (C=O) groups excluding carboxylic acids is 1. The van der Waals surface area contributed by atoms with E-state index < -0.39 is 6.10 Å². The quantitative estimate of drug-likeness (QED) is 0.829. The van der Waals surface area contributed by atoms with Crippen LogP contribution >= 0.6 is 0 Å². The van der Waals surface area contributed by atoms with Crippen molar-refractivity contribution in [3.63, 3.8) is 0 Å². The summed E-state index contributed by atoms with van der Waals surface area (Å²) in [5, 5.41) is 0. The molecule has 2 aliphatic rings. The Balaban J connectivity index is 1.70. The smallest absolute Gasteiger partial charge is 0.272 e. The van der Waals surface area contributed by atoms with E-state index in [-0.39, 0.29) is 12.0 Å². The van der Waals surface area contributed by atoms with Crippen molar-refractivity contribution in [1.29, 1.82) is 0 Å². The second kappa shape index (κ2) is 6.56. The summed E-state index contributed by atoms with van der Waals surface area (Å²) in [7, 11) is 1.64. The molecule has 0 fully saturated rings. The van der Waals surface area contributed by atoms with Crippen LogP contribution in [0.3, 0.4) is 0 Å². The van der Waals surface area contributed by atoms with E-state index in [9.17, 15) is 4.79 Å². The third-order valence-corrected chi connectivity index (χ3v) is 5.13. The Hall–Kier alpha value is -2.69. The summed E-state index contributed by atoms with van der Waals surface area (Å²) in [6.07, 6.45) is 0.827. The molecule has 0 N–H and O–H groups in total. The van der Waals surface area contributed by atoms with E-state index >= 15 is 0 Å². The van der Waals surface area contributed by atoms with Gasteiger partial charge >= 0.3 is 0 Å². The monoisotopic (exact) mass is 353 g/mol. The minimum absolute atomic E-state index is 0.0862. The van der Waals surface area contributed by atoms with Gasteiger partial charge in [0.15, 0.2) is 11.5 Å². The summed E-state index contributed by atoms with van der Waals surface area (Å²) < 4.78 is 17.5. The molecule has 0 saturated carbocycles. The van der Waals surface area contributed by atoms with Gasteiger partial charge in [-0.1, -0.05) is 18.2 Å². The normalized spacial score (nSPS) is 21.1. The van der Waals surface area contributed by atoms with E-state index in [1.807, 2.05) is 48.2 Å². The van der Waals surface area contributed by atoms with Gasteiger partial charge < -0.3 is 19.1 Å². The van der Waals surface area contributed by atoms with Crippen LogP contribution in [0.1, 0.15) is 24.5 Å². The van der Waals surface area contributed by atoms with Gasteiger partial charge in [0, 0.05) is 6.54 Å². The number of aryl methyl sites for hydroxylation is 1.